The Hall–Kier alpha value is -1.64. The zero-order valence-corrected chi connectivity index (χ0v) is 13.9. The van der Waals surface area contributed by atoms with Crippen LogP contribution in [0.25, 0.3) is 16.9 Å². The SMILES string of the molecule is CCCc1nn(C)c2c1nc(N)n2-c1ccc(F)cc1I. The molecule has 1 aromatic carbocycles. The van der Waals surface area contributed by atoms with Crippen LogP contribution in [0.3, 0.4) is 0 Å². The van der Waals surface area contributed by atoms with Gasteiger partial charge in [-0.15, -0.1) is 0 Å². The van der Waals surface area contributed by atoms with Crippen LogP contribution < -0.4 is 5.73 Å². The Morgan fingerprint density at radius 1 is 1.38 bits per heavy atom. The summed E-state index contributed by atoms with van der Waals surface area (Å²) in [6, 6.07) is 4.61. The summed E-state index contributed by atoms with van der Waals surface area (Å²) >= 11 is 2.10. The number of halogens is 2. The number of imidazole rings is 1. The van der Waals surface area contributed by atoms with Crippen LogP contribution in [0, 0.1) is 9.39 Å². The van der Waals surface area contributed by atoms with Gasteiger partial charge in [-0.3, -0.25) is 4.57 Å². The molecule has 21 heavy (non-hydrogen) atoms. The van der Waals surface area contributed by atoms with E-state index in [1.807, 2.05) is 11.6 Å². The van der Waals surface area contributed by atoms with Crippen LogP contribution in [0.5, 0.6) is 0 Å². The molecule has 0 saturated carbocycles. The number of aryl methyl sites for hydroxylation is 2. The van der Waals surface area contributed by atoms with Crippen molar-refractivity contribution in [3.05, 3.63) is 33.3 Å². The number of hydrogen-bond donors (Lipinski definition) is 1. The van der Waals surface area contributed by atoms with E-state index in [1.165, 1.54) is 12.1 Å². The first-order valence-corrected chi connectivity index (χ1v) is 7.76. The molecule has 0 saturated heterocycles. The number of aromatic nitrogens is 4. The van der Waals surface area contributed by atoms with E-state index in [0.717, 1.165) is 39.0 Å². The van der Waals surface area contributed by atoms with Crippen molar-refractivity contribution in [1.29, 1.82) is 0 Å². The summed E-state index contributed by atoms with van der Waals surface area (Å²) in [7, 11) is 1.87. The summed E-state index contributed by atoms with van der Waals surface area (Å²) in [6.07, 6.45) is 1.85. The molecule has 5 nitrogen and oxygen atoms in total. The average molecular weight is 399 g/mol. The summed E-state index contributed by atoms with van der Waals surface area (Å²) in [4.78, 5) is 4.45. The van der Waals surface area contributed by atoms with Gasteiger partial charge in [-0.05, 0) is 47.2 Å². The zero-order valence-electron chi connectivity index (χ0n) is 11.8. The zero-order chi connectivity index (χ0) is 15.1. The van der Waals surface area contributed by atoms with Crippen molar-refractivity contribution < 1.29 is 4.39 Å². The van der Waals surface area contributed by atoms with E-state index in [9.17, 15) is 4.39 Å². The Kier molecular flexibility index (Phi) is 3.60. The first kappa shape index (κ1) is 14.3. The highest BCUT2D eigenvalue weighted by molar-refractivity contribution is 14.1. The van der Waals surface area contributed by atoms with Crippen LogP contribution in [0.1, 0.15) is 19.0 Å². The molecule has 2 aromatic heterocycles. The second-order valence-electron chi connectivity index (χ2n) is 4.89. The lowest BCUT2D eigenvalue weighted by molar-refractivity contribution is 0.626. The maximum atomic E-state index is 13.3. The lowest BCUT2D eigenvalue weighted by Crippen LogP contribution is -2.06. The highest BCUT2D eigenvalue weighted by atomic mass is 127. The van der Waals surface area contributed by atoms with Gasteiger partial charge < -0.3 is 5.73 Å². The summed E-state index contributed by atoms with van der Waals surface area (Å²) in [5.74, 6) is 0.120. The van der Waals surface area contributed by atoms with E-state index in [1.54, 1.807) is 10.7 Å². The molecule has 0 aliphatic carbocycles. The lowest BCUT2D eigenvalue weighted by atomic mass is 10.2. The van der Waals surface area contributed by atoms with Gasteiger partial charge in [0.15, 0.2) is 5.65 Å². The van der Waals surface area contributed by atoms with Crippen molar-refractivity contribution in [2.24, 2.45) is 7.05 Å². The molecule has 0 atom stereocenters. The minimum atomic E-state index is -0.269. The Balaban J connectivity index is 2.30. The van der Waals surface area contributed by atoms with E-state index in [2.05, 4.69) is 39.6 Å². The summed E-state index contributed by atoms with van der Waals surface area (Å²) in [6.45, 7) is 2.10. The molecule has 3 rings (SSSR count). The topological polar surface area (TPSA) is 61.7 Å². The van der Waals surface area contributed by atoms with Crippen LogP contribution >= 0.6 is 22.6 Å². The van der Waals surface area contributed by atoms with Crippen molar-refractivity contribution in [2.75, 3.05) is 5.73 Å². The third-order valence-corrected chi connectivity index (χ3v) is 4.23. The van der Waals surface area contributed by atoms with Gasteiger partial charge in [0.25, 0.3) is 0 Å². The minimum Gasteiger partial charge on any atom is -0.369 e. The van der Waals surface area contributed by atoms with Gasteiger partial charge in [0, 0.05) is 10.6 Å². The highest BCUT2D eigenvalue weighted by Gasteiger charge is 2.19. The molecule has 7 heteroatoms. The number of fused-ring (bicyclic) bond motifs is 1. The third-order valence-electron chi connectivity index (χ3n) is 3.37. The van der Waals surface area contributed by atoms with Gasteiger partial charge >= 0.3 is 0 Å². The first-order valence-electron chi connectivity index (χ1n) is 6.68. The molecule has 0 spiro atoms. The summed E-state index contributed by atoms with van der Waals surface area (Å²) in [5.41, 5.74) is 9.49. The van der Waals surface area contributed by atoms with Gasteiger partial charge in [-0.2, -0.15) is 5.10 Å². The Morgan fingerprint density at radius 3 is 2.81 bits per heavy atom. The van der Waals surface area contributed by atoms with Gasteiger partial charge in [0.1, 0.15) is 11.3 Å². The normalized spacial score (nSPS) is 11.4. The molecule has 3 aromatic rings. The fourth-order valence-electron chi connectivity index (χ4n) is 2.50. The molecule has 110 valence electrons. The fraction of sp³-hybridized carbons (Fsp3) is 0.286. The summed E-state index contributed by atoms with van der Waals surface area (Å²) < 4.78 is 17.7. The molecule has 0 radical (unpaired) electrons. The van der Waals surface area contributed by atoms with E-state index in [-0.39, 0.29) is 5.82 Å². The largest absolute Gasteiger partial charge is 0.369 e. The molecule has 0 bridgehead atoms. The average Bonchev–Trinajstić information content (AvgIpc) is 2.89. The predicted molar refractivity (Wildman–Crippen MR) is 88.9 cm³/mol. The van der Waals surface area contributed by atoms with E-state index < -0.39 is 0 Å². The first-order chi connectivity index (χ1) is 10.0. The maximum absolute atomic E-state index is 13.3. The number of anilines is 1. The van der Waals surface area contributed by atoms with Gasteiger partial charge in [0.05, 0.1) is 11.4 Å². The van der Waals surface area contributed by atoms with Gasteiger partial charge in [-0.25, -0.2) is 14.1 Å². The fourth-order valence-corrected chi connectivity index (χ4v) is 3.22. The number of benzene rings is 1. The van der Waals surface area contributed by atoms with Crippen LogP contribution in [-0.4, -0.2) is 19.3 Å². The van der Waals surface area contributed by atoms with Crippen molar-refractivity contribution in [2.45, 2.75) is 19.8 Å². The monoisotopic (exact) mass is 399 g/mol. The molecule has 2 heterocycles. The van der Waals surface area contributed by atoms with Crippen molar-refractivity contribution in [3.8, 4) is 5.69 Å². The molecule has 2 N–H and O–H groups in total. The smallest absolute Gasteiger partial charge is 0.207 e. The minimum absolute atomic E-state index is 0.269. The highest BCUT2D eigenvalue weighted by Crippen LogP contribution is 2.28. The molecule has 0 fully saturated rings. The van der Waals surface area contributed by atoms with Crippen molar-refractivity contribution in [1.82, 2.24) is 19.3 Å². The molecule has 0 aliphatic heterocycles. The molecule has 0 amide bonds. The molecular weight excluding hydrogens is 384 g/mol. The summed E-state index contributed by atoms with van der Waals surface area (Å²) in [5, 5.41) is 4.52. The Morgan fingerprint density at radius 2 is 2.14 bits per heavy atom. The number of nitrogens with two attached hydrogens (primary N) is 1. The van der Waals surface area contributed by atoms with Crippen LogP contribution in [0.15, 0.2) is 18.2 Å². The van der Waals surface area contributed by atoms with Crippen LogP contribution in [0.2, 0.25) is 0 Å². The quantitative estimate of drug-likeness (QED) is 0.689. The standard InChI is InChI=1S/C14H15FIN5/c1-3-4-10-12-13(20(2)19-10)21(14(17)18-12)11-6-5-8(15)7-9(11)16/h5-7H,3-4H2,1-2H3,(H2,17,18). The second-order valence-corrected chi connectivity index (χ2v) is 6.06. The van der Waals surface area contributed by atoms with Crippen LogP contribution in [0.4, 0.5) is 10.3 Å². The van der Waals surface area contributed by atoms with Crippen molar-refractivity contribution >= 4 is 39.7 Å². The Bertz CT molecular complexity index is 820. The van der Waals surface area contributed by atoms with Gasteiger partial charge in [0.2, 0.25) is 5.95 Å². The third kappa shape index (κ3) is 2.29. The van der Waals surface area contributed by atoms with Crippen molar-refractivity contribution in [3.63, 3.8) is 0 Å². The number of nitrogens with zero attached hydrogens (tertiary/aromatic N) is 4. The van der Waals surface area contributed by atoms with E-state index in [4.69, 9.17) is 5.73 Å². The number of rotatable bonds is 3. The number of nitrogen functional groups attached to an aromatic ring is 1. The maximum Gasteiger partial charge on any atom is 0.207 e. The number of hydrogen-bond acceptors (Lipinski definition) is 3. The molecule has 0 unspecified atom stereocenters. The lowest BCUT2D eigenvalue weighted by Gasteiger charge is -2.09. The van der Waals surface area contributed by atoms with E-state index in [0.29, 0.717) is 5.95 Å². The van der Waals surface area contributed by atoms with E-state index >= 15 is 0 Å². The second kappa shape index (κ2) is 5.28. The van der Waals surface area contributed by atoms with Gasteiger partial charge in [-0.1, -0.05) is 13.3 Å². The predicted octanol–water partition coefficient (Wildman–Crippen LogP) is 3.04. The Labute approximate surface area is 135 Å². The molecular formula is C14H15FIN5. The molecule has 0 aliphatic rings. The van der Waals surface area contributed by atoms with Crippen LogP contribution in [-0.2, 0) is 13.5 Å².